The Balaban J connectivity index is 1.42. The largest absolute Gasteiger partial charge is 0.453 e. The Labute approximate surface area is 255 Å². The average molecular weight is 616 g/mol. The van der Waals surface area contributed by atoms with Crippen molar-refractivity contribution in [3.63, 3.8) is 0 Å². The van der Waals surface area contributed by atoms with Gasteiger partial charge in [-0.2, -0.15) is 9.78 Å². The van der Waals surface area contributed by atoms with Gasteiger partial charge in [-0.1, -0.05) is 35.3 Å². The van der Waals surface area contributed by atoms with Crippen LogP contribution in [-0.4, -0.2) is 54.5 Å². The van der Waals surface area contributed by atoms with Gasteiger partial charge in [0.2, 0.25) is 5.91 Å². The molecule has 3 heterocycles. The van der Waals surface area contributed by atoms with Crippen LogP contribution in [0.3, 0.4) is 0 Å². The van der Waals surface area contributed by atoms with E-state index in [1.165, 1.54) is 24.2 Å². The Morgan fingerprint density at radius 1 is 1.02 bits per heavy atom. The second kappa shape index (κ2) is 13.6. The Hall–Kier alpha value is -5.20. The summed E-state index contributed by atoms with van der Waals surface area (Å²) in [4.78, 5) is 28.8. The van der Waals surface area contributed by atoms with Crippen LogP contribution in [0.4, 0.5) is 10.5 Å². The van der Waals surface area contributed by atoms with Crippen LogP contribution in [0.25, 0.3) is 22.9 Å². The summed E-state index contributed by atoms with van der Waals surface area (Å²) in [5.41, 5.74) is 4.59. The molecule has 3 aromatic heterocycles. The fourth-order valence-electron chi connectivity index (χ4n) is 4.18. The van der Waals surface area contributed by atoms with Gasteiger partial charge in [-0.3, -0.25) is 15.1 Å². The third-order valence-electron chi connectivity index (χ3n) is 6.26. The lowest BCUT2D eigenvalue weighted by atomic mass is 10.0. The van der Waals surface area contributed by atoms with Crippen LogP contribution in [0.15, 0.2) is 85.5 Å². The van der Waals surface area contributed by atoms with Gasteiger partial charge in [-0.25, -0.2) is 4.79 Å². The molecule has 0 aliphatic carbocycles. The standard InChI is InChI=1S/C29H23Cl2N9O3/c1-43-29(42)34-22-6-2-19(3-7-22)23-16-25(36-37-28(23)31)24(14-18-10-12-32-13-11-18)35-27(41)9-4-20-15-21(30)5-8-26(20)40-17-33-38-39-40/h2-13,15-17,24H,14H2,1H3,(H,34,42)(H,35,41)/t24-/m0/s1. The average Bonchev–Trinajstić information content (AvgIpc) is 3.56. The first-order chi connectivity index (χ1) is 20.9. The Kier molecular flexibility index (Phi) is 9.29. The van der Waals surface area contributed by atoms with Crippen LogP contribution in [0.1, 0.15) is 22.9 Å². The first-order valence-electron chi connectivity index (χ1n) is 12.8. The lowest BCUT2D eigenvalue weighted by Crippen LogP contribution is -2.29. The molecule has 5 rings (SSSR count). The van der Waals surface area contributed by atoms with Crippen molar-refractivity contribution < 1.29 is 14.3 Å². The van der Waals surface area contributed by atoms with E-state index in [-0.39, 0.29) is 11.1 Å². The van der Waals surface area contributed by atoms with Crippen molar-refractivity contribution in [2.24, 2.45) is 0 Å². The first-order valence-corrected chi connectivity index (χ1v) is 13.5. The molecule has 12 nitrogen and oxygen atoms in total. The van der Waals surface area contributed by atoms with Crippen LogP contribution in [0.5, 0.6) is 0 Å². The number of amides is 2. The summed E-state index contributed by atoms with van der Waals surface area (Å²) in [5.74, 6) is -0.377. The number of pyridine rings is 1. The maximum absolute atomic E-state index is 13.2. The van der Waals surface area contributed by atoms with Gasteiger partial charge in [-0.05, 0) is 82.6 Å². The highest BCUT2D eigenvalue weighted by molar-refractivity contribution is 6.32. The number of tetrazole rings is 1. The third kappa shape index (κ3) is 7.56. The zero-order chi connectivity index (χ0) is 30.2. The topological polar surface area (TPSA) is 150 Å². The minimum atomic E-state index is -0.579. The molecule has 43 heavy (non-hydrogen) atoms. The normalized spacial score (nSPS) is 11.7. The molecule has 2 amide bonds. The van der Waals surface area contributed by atoms with Gasteiger partial charge in [-0.15, -0.1) is 10.2 Å². The van der Waals surface area contributed by atoms with E-state index in [0.717, 1.165) is 11.1 Å². The molecule has 0 spiro atoms. The highest BCUT2D eigenvalue weighted by atomic mass is 35.5. The molecular formula is C29H23Cl2N9O3. The second-order valence-electron chi connectivity index (χ2n) is 9.08. The molecule has 1 atom stereocenters. The van der Waals surface area contributed by atoms with Gasteiger partial charge < -0.3 is 10.1 Å². The van der Waals surface area contributed by atoms with E-state index in [9.17, 15) is 9.59 Å². The summed E-state index contributed by atoms with van der Waals surface area (Å²) in [6, 6.07) is 17.1. The van der Waals surface area contributed by atoms with Gasteiger partial charge in [0.1, 0.15) is 6.33 Å². The van der Waals surface area contributed by atoms with E-state index in [0.29, 0.717) is 39.6 Å². The summed E-state index contributed by atoms with van der Waals surface area (Å²) in [6.07, 6.45) is 7.66. The number of methoxy groups -OCH3 is 1. The molecule has 2 aromatic carbocycles. The molecule has 0 bridgehead atoms. The lowest BCUT2D eigenvalue weighted by molar-refractivity contribution is -0.117. The minimum absolute atomic E-state index is 0.183. The number of ether oxygens (including phenoxy) is 1. The zero-order valence-electron chi connectivity index (χ0n) is 22.6. The fraction of sp³-hybridized carbons (Fsp3) is 0.103. The summed E-state index contributed by atoms with van der Waals surface area (Å²) < 4.78 is 6.11. The maximum atomic E-state index is 13.2. The predicted octanol–water partition coefficient (Wildman–Crippen LogP) is 5.11. The number of aromatic nitrogens is 7. The third-order valence-corrected chi connectivity index (χ3v) is 6.77. The van der Waals surface area contributed by atoms with Crippen LogP contribution in [0, 0.1) is 0 Å². The van der Waals surface area contributed by atoms with Gasteiger partial charge >= 0.3 is 6.09 Å². The molecule has 0 unspecified atom stereocenters. The number of carbonyl (C=O) groups excluding carboxylic acids is 2. The van der Waals surface area contributed by atoms with E-state index in [1.807, 2.05) is 12.1 Å². The highest BCUT2D eigenvalue weighted by Gasteiger charge is 2.19. The summed E-state index contributed by atoms with van der Waals surface area (Å²) >= 11 is 12.7. The maximum Gasteiger partial charge on any atom is 0.411 e. The van der Waals surface area contributed by atoms with Gasteiger partial charge in [0.25, 0.3) is 0 Å². The number of benzene rings is 2. The number of halogens is 2. The molecule has 0 saturated carbocycles. The van der Waals surface area contributed by atoms with E-state index in [1.54, 1.807) is 67.0 Å². The lowest BCUT2D eigenvalue weighted by Gasteiger charge is -2.18. The van der Waals surface area contributed by atoms with Crippen molar-refractivity contribution in [3.8, 4) is 16.8 Å². The van der Waals surface area contributed by atoms with Crippen LogP contribution in [0.2, 0.25) is 10.2 Å². The molecule has 14 heteroatoms. The minimum Gasteiger partial charge on any atom is -0.453 e. The molecule has 0 fully saturated rings. The number of hydrogen-bond donors (Lipinski definition) is 2. The molecule has 0 saturated heterocycles. The molecule has 0 radical (unpaired) electrons. The van der Waals surface area contributed by atoms with Crippen molar-refractivity contribution in [1.82, 2.24) is 40.7 Å². The molecular weight excluding hydrogens is 593 g/mol. The first kappa shape index (κ1) is 29.3. The molecule has 0 aliphatic heterocycles. The Morgan fingerprint density at radius 2 is 1.81 bits per heavy atom. The summed E-state index contributed by atoms with van der Waals surface area (Å²) in [5, 5.41) is 26.0. The van der Waals surface area contributed by atoms with Crippen LogP contribution in [-0.2, 0) is 16.0 Å². The monoisotopic (exact) mass is 615 g/mol. The van der Waals surface area contributed by atoms with E-state index in [4.69, 9.17) is 23.2 Å². The van der Waals surface area contributed by atoms with E-state index >= 15 is 0 Å². The Bertz CT molecular complexity index is 1750. The second-order valence-corrected chi connectivity index (χ2v) is 9.87. The van der Waals surface area contributed by atoms with Crippen molar-refractivity contribution in [2.45, 2.75) is 12.5 Å². The molecule has 2 N–H and O–H groups in total. The number of carbonyl (C=O) groups is 2. The SMILES string of the molecule is COC(=O)Nc1ccc(-c2cc([C@H](Cc3ccncc3)NC(=O)C=Cc3cc(Cl)ccc3-n3cnnn3)nnc2Cl)cc1. The van der Waals surface area contributed by atoms with Gasteiger partial charge in [0.15, 0.2) is 5.15 Å². The van der Waals surface area contributed by atoms with Gasteiger partial charge in [0.05, 0.1) is 24.5 Å². The number of rotatable bonds is 9. The predicted molar refractivity (Wildman–Crippen MR) is 161 cm³/mol. The van der Waals surface area contributed by atoms with Gasteiger partial charge in [0, 0.05) is 40.3 Å². The number of hydrogen-bond acceptors (Lipinski definition) is 9. The van der Waals surface area contributed by atoms with Crippen LogP contribution >= 0.6 is 23.2 Å². The molecule has 5 aromatic rings. The van der Waals surface area contributed by atoms with Crippen molar-refractivity contribution >= 4 is 47.0 Å². The quantitative estimate of drug-likeness (QED) is 0.215. The van der Waals surface area contributed by atoms with E-state index in [2.05, 4.69) is 46.1 Å². The fourth-order valence-corrected chi connectivity index (χ4v) is 4.56. The van der Waals surface area contributed by atoms with Crippen molar-refractivity contribution in [1.29, 1.82) is 0 Å². The Morgan fingerprint density at radius 3 is 2.53 bits per heavy atom. The summed E-state index contributed by atoms with van der Waals surface area (Å²) in [6.45, 7) is 0. The number of nitrogens with one attached hydrogen (secondary N) is 2. The number of anilines is 1. The highest BCUT2D eigenvalue weighted by Crippen LogP contribution is 2.30. The molecule has 0 aliphatic rings. The van der Waals surface area contributed by atoms with Crippen molar-refractivity contribution in [3.05, 3.63) is 112 Å². The van der Waals surface area contributed by atoms with E-state index < -0.39 is 12.1 Å². The smallest absolute Gasteiger partial charge is 0.411 e. The van der Waals surface area contributed by atoms with Crippen molar-refractivity contribution in [2.75, 3.05) is 12.4 Å². The molecule has 216 valence electrons. The number of nitrogens with zero attached hydrogens (tertiary/aromatic N) is 7. The zero-order valence-corrected chi connectivity index (χ0v) is 24.1. The summed E-state index contributed by atoms with van der Waals surface area (Å²) in [7, 11) is 1.29. The van der Waals surface area contributed by atoms with Crippen LogP contribution < -0.4 is 10.6 Å².